The van der Waals surface area contributed by atoms with Gasteiger partial charge in [-0.15, -0.1) is 0 Å². The Morgan fingerprint density at radius 2 is 1.97 bits per heavy atom. The highest BCUT2D eigenvalue weighted by molar-refractivity contribution is 5.82. The molecular weight excluding hydrogens is 408 g/mol. The summed E-state index contributed by atoms with van der Waals surface area (Å²) in [4.78, 5) is 24.5. The SMILES string of the molecule is COCCOCO[C@@H]1C[C@@]2(C)C(CC[C@@]23CCC(=O)O3)C2CC=C3CC(=O)CC[C@]3(C)C21. The number of rotatable bonds is 6. The van der Waals surface area contributed by atoms with Crippen LogP contribution in [0.5, 0.6) is 0 Å². The predicted octanol–water partition coefficient (Wildman–Crippen LogP) is 4.21. The van der Waals surface area contributed by atoms with Crippen LogP contribution in [0.3, 0.4) is 0 Å². The van der Waals surface area contributed by atoms with Crippen molar-refractivity contribution in [2.24, 2.45) is 28.6 Å². The summed E-state index contributed by atoms with van der Waals surface area (Å²) < 4.78 is 23.4. The Kier molecular flexibility index (Phi) is 5.78. The van der Waals surface area contributed by atoms with E-state index in [9.17, 15) is 9.59 Å². The van der Waals surface area contributed by atoms with Crippen molar-refractivity contribution >= 4 is 11.8 Å². The van der Waals surface area contributed by atoms with Gasteiger partial charge in [-0.3, -0.25) is 9.59 Å². The highest BCUT2D eigenvalue weighted by Gasteiger charge is 2.69. The summed E-state index contributed by atoms with van der Waals surface area (Å²) in [6, 6.07) is 0. The highest BCUT2D eigenvalue weighted by atomic mass is 16.7. The molecule has 1 heterocycles. The number of fused-ring (bicyclic) bond motifs is 6. The summed E-state index contributed by atoms with van der Waals surface area (Å²) in [5, 5.41) is 0. The molecule has 7 atom stereocenters. The molecule has 0 N–H and O–H groups in total. The maximum absolute atomic E-state index is 12.3. The minimum absolute atomic E-state index is 0.00252. The minimum atomic E-state index is -0.342. The van der Waals surface area contributed by atoms with Crippen molar-refractivity contribution in [2.45, 2.75) is 83.3 Å². The molecule has 0 aromatic heterocycles. The first kappa shape index (κ1) is 22.5. The third-order valence-electron chi connectivity index (χ3n) is 9.98. The summed E-state index contributed by atoms with van der Waals surface area (Å²) in [7, 11) is 1.67. The Labute approximate surface area is 191 Å². The van der Waals surface area contributed by atoms with Gasteiger partial charge in [0.2, 0.25) is 0 Å². The molecule has 4 fully saturated rings. The molecule has 5 rings (SSSR count). The summed E-state index contributed by atoms with van der Waals surface area (Å²) >= 11 is 0. The lowest BCUT2D eigenvalue weighted by atomic mass is 9.46. The molecule has 0 amide bonds. The lowest BCUT2D eigenvalue weighted by Crippen LogP contribution is -2.60. The number of ketones is 1. The average Bonchev–Trinajstić information content (AvgIpc) is 3.28. The van der Waals surface area contributed by atoms with Crippen LogP contribution in [0.25, 0.3) is 0 Å². The Hall–Kier alpha value is -1.24. The molecule has 4 aliphatic carbocycles. The molecule has 0 aromatic carbocycles. The molecule has 3 unspecified atom stereocenters. The largest absolute Gasteiger partial charge is 0.458 e. The molecule has 3 saturated carbocycles. The van der Waals surface area contributed by atoms with E-state index >= 15 is 0 Å². The number of ether oxygens (including phenoxy) is 4. The van der Waals surface area contributed by atoms with Crippen LogP contribution in [-0.4, -0.2) is 50.6 Å². The standard InChI is InChI=1S/C26H38O6/c1-24-9-6-18(27)14-17(24)4-5-19-20-7-10-26(11-8-22(28)32-26)25(20,2)15-21(23(19)24)31-16-30-13-12-29-3/h4,19-21,23H,5-16H2,1-3H3/t19?,20?,21-,23?,24+,25+,26-/m1/s1. The van der Waals surface area contributed by atoms with Crippen molar-refractivity contribution in [1.82, 2.24) is 0 Å². The van der Waals surface area contributed by atoms with Gasteiger partial charge < -0.3 is 18.9 Å². The molecule has 1 spiro atoms. The zero-order chi connectivity index (χ0) is 22.6. The van der Waals surface area contributed by atoms with Gasteiger partial charge in [0.25, 0.3) is 0 Å². The van der Waals surface area contributed by atoms with Crippen LogP contribution in [0.2, 0.25) is 0 Å². The second-order valence-corrected chi connectivity index (χ2v) is 11.2. The topological polar surface area (TPSA) is 71.1 Å². The van der Waals surface area contributed by atoms with Crippen LogP contribution in [0.15, 0.2) is 11.6 Å². The van der Waals surface area contributed by atoms with Gasteiger partial charge in [-0.2, -0.15) is 0 Å². The third-order valence-corrected chi connectivity index (χ3v) is 9.98. The summed E-state index contributed by atoms with van der Waals surface area (Å²) in [5.74, 6) is 1.69. The van der Waals surface area contributed by atoms with Gasteiger partial charge in [0.05, 0.1) is 19.3 Å². The molecule has 5 aliphatic rings. The fraction of sp³-hybridized carbons (Fsp3) is 0.846. The number of carbonyl (C=O) groups is 2. The van der Waals surface area contributed by atoms with Gasteiger partial charge in [0.15, 0.2) is 0 Å². The molecular formula is C26H38O6. The van der Waals surface area contributed by atoms with Gasteiger partial charge in [-0.05, 0) is 61.7 Å². The van der Waals surface area contributed by atoms with E-state index in [1.165, 1.54) is 5.57 Å². The van der Waals surface area contributed by atoms with Crippen LogP contribution in [0.4, 0.5) is 0 Å². The Balaban J connectivity index is 1.47. The first-order valence-electron chi connectivity index (χ1n) is 12.4. The zero-order valence-corrected chi connectivity index (χ0v) is 19.8. The van der Waals surface area contributed by atoms with Crippen molar-refractivity contribution in [2.75, 3.05) is 27.1 Å². The maximum atomic E-state index is 12.3. The number of methoxy groups -OCH3 is 1. The number of hydrogen-bond donors (Lipinski definition) is 0. The first-order chi connectivity index (χ1) is 15.3. The van der Waals surface area contributed by atoms with E-state index in [2.05, 4.69) is 19.9 Å². The van der Waals surface area contributed by atoms with Crippen LogP contribution in [0.1, 0.15) is 71.6 Å². The second kappa shape index (κ2) is 8.21. The quantitative estimate of drug-likeness (QED) is 0.263. The van der Waals surface area contributed by atoms with Gasteiger partial charge in [-0.1, -0.05) is 25.5 Å². The van der Waals surface area contributed by atoms with Crippen molar-refractivity contribution in [3.8, 4) is 0 Å². The van der Waals surface area contributed by atoms with Crippen molar-refractivity contribution in [3.63, 3.8) is 0 Å². The van der Waals surface area contributed by atoms with Crippen molar-refractivity contribution in [3.05, 3.63) is 11.6 Å². The molecule has 0 aromatic rings. The van der Waals surface area contributed by atoms with E-state index in [4.69, 9.17) is 18.9 Å². The third kappa shape index (κ3) is 3.32. The normalized spacial score (nSPS) is 45.3. The van der Waals surface area contributed by atoms with Crippen LogP contribution >= 0.6 is 0 Å². The molecule has 6 nitrogen and oxygen atoms in total. The summed E-state index contributed by atoms with van der Waals surface area (Å²) in [6.07, 6.45) is 9.90. The van der Waals surface area contributed by atoms with Gasteiger partial charge in [0, 0.05) is 31.8 Å². The van der Waals surface area contributed by atoms with Crippen LogP contribution in [0, 0.1) is 28.6 Å². The molecule has 0 bridgehead atoms. The molecule has 178 valence electrons. The van der Waals surface area contributed by atoms with Gasteiger partial charge in [0.1, 0.15) is 18.2 Å². The van der Waals surface area contributed by atoms with Crippen molar-refractivity contribution < 1.29 is 28.5 Å². The number of Topliss-reactive ketones (excluding diaryl/α,β-unsaturated/α-hetero) is 1. The molecule has 1 aliphatic heterocycles. The van der Waals surface area contributed by atoms with E-state index in [0.717, 1.165) is 38.5 Å². The fourth-order valence-electron chi connectivity index (χ4n) is 8.35. The molecule has 0 radical (unpaired) electrons. The highest BCUT2D eigenvalue weighted by Crippen LogP contribution is 2.69. The molecule has 32 heavy (non-hydrogen) atoms. The number of carbonyl (C=O) groups excluding carboxylic acids is 2. The van der Waals surface area contributed by atoms with E-state index in [1.54, 1.807) is 7.11 Å². The van der Waals surface area contributed by atoms with E-state index in [0.29, 0.717) is 56.0 Å². The zero-order valence-electron chi connectivity index (χ0n) is 19.8. The Bertz CT molecular complexity index is 806. The number of esters is 1. The van der Waals surface area contributed by atoms with Crippen LogP contribution < -0.4 is 0 Å². The molecule has 1 saturated heterocycles. The monoisotopic (exact) mass is 446 g/mol. The smallest absolute Gasteiger partial charge is 0.306 e. The van der Waals surface area contributed by atoms with Gasteiger partial charge in [-0.25, -0.2) is 0 Å². The number of allylic oxidation sites excluding steroid dienone is 2. The van der Waals surface area contributed by atoms with E-state index < -0.39 is 0 Å². The van der Waals surface area contributed by atoms with E-state index in [1.807, 2.05) is 0 Å². The fourth-order valence-corrected chi connectivity index (χ4v) is 8.35. The number of hydrogen-bond acceptors (Lipinski definition) is 6. The second-order valence-electron chi connectivity index (χ2n) is 11.2. The van der Waals surface area contributed by atoms with Gasteiger partial charge >= 0.3 is 5.97 Å². The first-order valence-corrected chi connectivity index (χ1v) is 12.4. The van der Waals surface area contributed by atoms with Crippen LogP contribution in [-0.2, 0) is 28.5 Å². The average molecular weight is 447 g/mol. The lowest BCUT2D eigenvalue weighted by Gasteiger charge is -2.60. The van der Waals surface area contributed by atoms with Crippen molar-refractivity contribution in [1.29, 1.82) is 0 Å². The van der Waals surface area contributed by atoms with E-state index in [-0.39, 0.29) is 35.3 Å². The Morgan fingerprint density at radius 1 is 1.12 bits per heavy atom. The summed E-state index contributed by atoms with van der Waals surface area (Å²) in [6.45, 7) is 6.03. The summed E-state index contributed by atoms with van der Waals surface area (Å²) in [5.41, 5.74) is 0.903. The lowest BCUT2D eigenvalue weighted by molar-refractivity contribution is -0.210. The minimum Gasteiger partial charge on any atom is -0.458 e. The predicted molar refractivity (Wildman–Crippen MR) is 118 cm³/mol. The Morgan fingerprint density at radius 3 is 2.72 bits per heavy atom. The molecule has 6 heteroatoms. The maximum Gasteiger partial charge on any atom is 0.306 e.